The monoisotopic (exact) mass is 398 g/mol. The SMILES string of the molecule is CC(Oc1ccc(Br)cc1)C(=O)Nc1ccc(S(N)(=O)=O)cc1. The first-order chi connectivity index (χ1) is 10.8. The number of ether oxygens (including phenoxy) is 1. The van der Waals surface area contributed by atoms with Crippen molar-refractivity contribution in [3.05, 3.63) is 53.0 Å². The van der Waals surface area contributed by atoms with Crippen LogP contribution in [-0.2, 0) is 14.8 Å². The smallest absolute Gasteiger partial charge is 0.265 e. The molecule has 0 aliphatic carbocycles. The molecule has 1 unspecified atom stereocenters. The summed E-state index contributed by atoms with van der Waals surface area (Å²) in [7, 11) is -3.75. The van der Waals surface area contributed by atoms with Gasteiger partial charge in [0.25, 0.3) is 5.91 Å². The van der Waals surface area contributed by atoms with E-state index in [2.05, 4.69) is 21.2 Å². The van der Waals surface area contributed by atoms with E-state index in [1.165, 1.54) is 24.3 Å². The van der Waals surface area contributed by atoms with Crippen LogP contribution in [0.2, 0.25) is 0 Å². The number of rotatable bonds is 5. The summed E-state index contributed by atoms with van der Waals surface area (Å²) in [5.74, 6) is 0.219. The number of anilines is 1. The number of nitrogens with one attached hydrogen (secondary N) is 1. The molecule has 0 spiro atoms. The Morgan fingerprint density at radius 2 is 1.70 bits per heavy atom. The third kappa shape index (κ3) is 5.05. The van der Waals surface area contributed by atoms with Crippen LogP contribution in [0.3, 0.4) is 0 Å². The zero-order chi connectivity index (χ0) is 17.0. The molecule has 0 aliphatic heterocycles. The Morgan fingerprint density at radius 1 is 1.13 bits per heavy atom. The van der Waals surface area contributed by atoms with E-state index in [9.17, 15) is 13.2 Å². The number of halogens is 1. The number of carbonyl (C=O) groups excluding carboxylic acids is 1. The van der Waals surface area contributed by atoms with Crippen LogP contribution in [0.15, 0.2) is 57.9 Å². The number of amides is 1. The van der Waals surface area contributed by atoms with Crippen molar-refractivity contribution >= 4 is 37.5 Å². The summed E-state index contributed by atoms with van der Waals surface area (Å²) in [6.45, 7) is 1.62. The van der Waals surface area contributed by atoms with E-state index in [4.69, 9.17) is 9.88 Å². The van der Waals surface area contributed by atoms with E-state index in [0.29, 0.717) is 11.4 Å². The van der Waals surface area contributed by atoms with Crippen LogP contribution in [0, 0.1) is 0 Å². The van der Waals surface area contributed by atoms with Crippen molar-refractivity contribution in [2.45, 2.75) is 17.9 Å². The molecule has 2 aromatic rings. The van der Waals surface area contributed by atoms with Gasteiger partial charge in [-0.2, -0.15) is 0 Å². The van der Waals surface area contributed by atoms with Gasteiger partial charge in [-0.15, -0.1) is 0 Å². The second-order valence-corrected chi connectivity index (χ2v) is 7.25. The van der Waals surface area contributed by atoms with Gasteiger partial charge < -0.3 is 10.1 Å². The summed E-state index contributed by atoms with van der Waals surface area (Å²) in [5, 5.41) is 7.66. The van der Waals surface area contributed by atoms with Crippen LogP contribution in [0.1, 0.15) is 6.92 Å². The maximum Gasteiger partial charge on any atom is 0.265 e. The largest absolute Gasteiger partial charge is 0.481 e. The summed E-state index contributed by atoms with van der Waals surface area (Å²) in [5.41, 5.74) is 0.452. The van der Waals surface area contributed by atoms with Crippen LogP contribution >= 0.6 is 15.9 Å². The average Bonchev–Trinajstić information content (AvgIpc) is 2.49. The first-order valence-corrected chi connectivity index (χ1v) is 8.95. The highest BCUT2D eigenvalue weighted by Gasteiger charge is 2.15. The van der Waals surface area contributed by atoms with E-state index >= 15 is 0 Å². The number of carbonyl (C=O) groups is 1. The molecular formula is C15H15BrN2O4S. The zero-order valence-electron chi connectivity index (χ0n) is 12.2. The molecule has 0 saturated carbocycles. The van der Waals surface area contributed by atoms with Gasteiger partial charge in [0.1, 0.15) is 5.75 Å². The molecule has 8 heteroatoms. The van der Waals surface area contributed by atoms with Crippen LogP contribution in [0.25, 0.3) is 0 Å². The number of sulfonamides is 1. The van der Waals surface area contributed by atoms with Gasteiger partial charge >= 0.3 is 0 Å². The molecule has 0 fully saturated rings. The van der Waals surface area contributed by atoms with E-state index < -0.39 is 16.1 Å². The van der Waals surface area contributed by atoms with E-state index in [1.807, 2.05) is 12.1 Å². The van der Waals surface area contributed by atoms with Crippen molar-refractivity contribution < 1.29 is 17.9 Å². The normalized spacial score (nSPS) is 12.5. The van der Waals surface area contributed by atoms with Crippen molar-refractivity contribution in [2.75, 3.05) is 5.32 Å². The minimum absolute atomic E-state index is 0.0188. The maximum absolute atomic E-state index is 12.1. The Balaban J connectivity index is 1.99. The average molecular weight is 399 g/mol. The summed E-state index contributed by atoms with van der Waals surface area (Å²) in [4.78, 5) is 12.1. The highest BCUT2D eigenvalue weighted by atomic mass is 79.9. The predicted molar refractivity (Wildman–Crippen MR) is 90.7 cm³/mol. The Hall–Kier alpha value is -1.90. The Morgan fingerprint density at radius 3 is 2.22 bits per heavy atom. The van der Waals surface area contributed by atoms with Crippen LogP contribution in [0.5, 0.6) is 5.75 Å². The third-order valence-electron chi connectivity index (χ3n) is 2.95. The van der Waals surface area contributed by atoms with E-state index in [1.54, 1.807) is 19.1 Å². The van der Waals surface area contributed by atoms with Gasteiger partial charge in [-0.3, -0.25) is 4.79 Å². The second-order valence-electron chi connectivity index (χ2n) is 4.77. The minimum atomic E-state index is -3.75. The quantitative estimate of drug-likeness (QED) is 0.807. The van der Waals surface area contributed by atoms with Gasteiger partial charge in [-0.25, -0.2) is 13.6 Å². The van der Waals surface area contributed by atoms with Crippen molar-refractivity contribution in [2.24, 2.45) is 5.14 Å². The fourth-order valence-electron chi connectivity index (χ4n) is 1.74. The van der Waals surface area contributed by atoms with Crippen LogP contribution < -0.4 is 15.2 Å². The zero-order valence-corrected chi connectivity index (χ0v) is 14.6. The molecule has 23 heavy (non-hydrogen) atoms. The fourth-order valence-corrected chi connectivity index (χ4v) is 2.52. The van der Waals surface area contributed by atoms with Crippen LogP contribution in [-0.4, -0.2) is 20.4 Å². The summed E-state index contributed by atoms with van der Waals surface area (Å²) in [6, 6.07) is 12.7. The van der Waals surface area contributed by atoms with Crippen molar-refractivity contribution in [3.63, 3.8) is 0 Å². The van der Waals surface area contributed by atoms with Gasteiger partial charge in [-0.1, -0.05) is 15.9 Å². The lowest BCUT2D eigenvalue weighted by Gasteiger charge is -2.15. The Bertz CT molecular complexity index is 789. The summed E-state index contributed by atoms with van der Waals surface area (Å²) in [6.07, 6.45) is -0.714. The highest BCUT2D eigenvalue weighted by Crippen LogP contribution is 2.18. The van der Waals surface area contributed by atoms with Gasteiger partial charge in [0, 0.05) is 10.2 Å². The molecule has 0 heterocycles. The summed E-state index contributed by atoms with van der Waals surface area (Å²) < 4.78 is 28.8. The molecule has 122 valence electrons. The molecule has 0 aliphatic rings. The molecule has 6 nitrogen and oxygen atoms in total. The first kappa shape index (κ1) is 17.5. The molecule has 3 N–H and O–H groups in total. The summed E-state index contributed by atoms with van der Waals surface area (Å²) >= 11 is 3.32. The predicted octanol–water partition coefficient (Wildman–Crippen LogP) is 2.50. The molecule has 2 rings (SSSR count). The lowest BCUT2D eigenvalue weighted by atomic mass is 10.3. The Kier molecular flexibility index (Phi) is 5.40. The number of benzene rings is 2. The molecule has 0 bridgehead atoms. The number of hydrogen-bond acceptors (Lipinski definition) is 4. The van der Waals surface area contributed by atoms with Crippen molar-refractivity contribution in [1.82, 2.24) is 0 Å². The third-order valence-corrected chi connectivity index (χ3v) is 4.40. The lowest BCUT2D eigenvalue weighted by Crippen LogP contribution is -2.30. The number of nitrogens with two attached hydrogens (primary N) is 1. The van der Waals surface area contributed by atoms with Gasteiger partial charge in [-0.05, 0) is 55.5 Å². The van der Waals surface area contributed by atoms with Gasteiger partial charge in [0.05, 0.1) is 4.90 Å². The van der Waals surface area contributed by atoms with Crippen LogP contribution in [0.4, 0.5) is 5.69 Å². The second kappa shape index (κ2) is 7.12. The number of hydrogen-bond donors (Lipinski definition) is 2. The molecule has 0 radical (unpaired) electrons. The molecule has 0 aromatic heterocycles. The minimum Gasteiger partial charge on any atom is -0.481 e. The molecule has 2 aromatic carbocycles. The maximum atomic E-state index is 12.1. The van der Waals surface area contributed by atoms with E-state index in [0.717, 1.165) is 4.47 Å². The topological polar surface area (TPSA) is 98.5 Å². The molecule has 0 saturated heterocycles. The molecular weight excluding hydrogens is 384 g/mol. The lowest BCUT2D eigenvalue weighted by molar-refractivity contribution is -0.122. The first-order valence-electron chi connectivity index (χ1n) is 6.61. The van der Waals surface area contributed by atoms with Gasteiger partial charge in [0.15, 0.2) is 6.10 Å². The van der Waals surface area contributed by atoms with E-state index in [-0.39, 0.29) is 10.8 Å². The van der Waals surface area contributed by atoms with Crippen molar-refractivity contribution in [1.29, 1.82) is 0 Å². The Labute approximate surface area is 142 Å². The fraction of sp³-hybridized carbons (Fsp3) is 0.133. The molecule has 1 amide bonds. The standard InChI is InChI=1S/C15H15BrN2O4S/c1-10(22-13-6-2-11(16)3-7-13)15(19)18-12-4-8-14(9-5-12)23(17,20)21/h2-10H,1H3,(H,18,19)(H2,17,20,21). The van der Waals surface area contributed by atoms with Crippen molar-refractivity contribution in [3.8, 4) is 5.75 Å². The molecule has 1 atom stereocenters. The number of primary sulfonamides is 1. The van der Waals surface area contributed by atoms with Gasteiger partial charge in [0.2, 0.25) is 10.0 Å². The highest BCUT2D eigenvalue weighted by molar-refractivity contribution is 9.10.